The Labute approximate surface area is 88.5 Å². The van der Waals surface area contributed by atoms with Gasteiger partial charge in [0.05, 0.1) is 0 Å². The summed E-state index contributed by atoms with van der Waals surface area (Å²) in [5.41, 5.74) is 6.78. The van der Waals surface area contributed by atoms with Gasteiger partial charge in [-0.15, -0.1) is 24.0 Å². The van der Waals surface area contributed by atoms with Gasteiger partial charge in [-0.05, 0) is 11.1 Å². The van der Waals surface area contributed by atoms with E-state index in [1.165, 1.54) is 0 Å². The van der Waals surface area contributed by atoms with Gasteiger partial charge in [-0.1, -0.05) is 24.3 Å². The largest absolute Gasteiger partial charge is 0.327 e. The van der Waals surface area contributed by atoms with Gasteiger partial charge in [0.25, 0.3) is 0 Å². The Morgan fingerprint density at radius 2 is 1.85 bits per heavy atom. The Bertz CT molecular complexity index is 238. The van der Waals surface area contributed by atoms with Crippen molar-refractivity contribution >= 4 is 24.0 Å². The Hall–Kier alpha value is -0.310. The van der Waals surface area contributed by atoms with Gasteiger partial charge < -0.3 is 5.73 Å². The molecule has 1 atom stereocenters. The van der Waals surface area contributed by atoms with Gasteiger partial charge in [-0.3, -0.25) is 0 Å². The first kappa shape index (κ1) is 12.7. The average Bonchev–Trinajstić information content (AvgIpc) is 2.17. The lowest BCUT2D eigenvalue weighted by atomic mass is 10.1. The molecule has 0 unspecified atom stereocenters. The highest BCUT2D eigenvalue weighted by molar-refractivity contribution is 6.17. The monoisotopic (exact) mass is 223 g/mol. The quantitative estimate of drug-likeness (QED) is 0.785. The van der Waals surface area contributed by atoms with E-state index in [2.05, 4.69) is 0 Å². The fraction of sp³-hybridized carbons (Fsp3) is 0.333. The van der Waals surface area contributed by atoms with Crippen molar-refractivity contribution in [2.75, 3.05) is 6.54 Å². The van der Waals surface area contributed by atoms with Crippen molar-refractivity contribution in [1.29, 1.82) is 0 Å². The molecule has 1 aromatic rings. The lowest BCUT2D eigenvalue weighted by Gasteiger charge is -2.05. The number of alkyl halides is 2. The molecule has 0 amide bonds. The summed E-state index contributed by atoms with van der Waals surface area (Å²) in [5.74, 6) is 0.458. The standard InChI is InChI=1S/C9H11ClFN.ClH/c10-5-7-1-3-8(4-2-7)9(11)6-12;/h1-4,9H,5-6,12H2;1H/t9-;/m1./s1. The van der Waals surface area contributed by atoms with E-state index >= 15 is 0 Å². The van der Waals surface area contributed by atoms with E-state index in [9.17, 15) is 4.39 Å². The molecule has 0 aliphatic carbocycles. The van der Waals surface area contributed by atoms with E-state index in [0.717, 1.165) is 5.56 Å². The predicted octanol–water partition coefficient (Wildman–Crippen LogP) is 2.82. The molecule has 2 N–H and O–H groups in total. The van der Waals surface area contributed by atoms with E-state index in [0.29, 0.717) is 11.4 Å². The molecule has 0 spiro atoms. The van der Waals surface area contributed by atoms with E-state index in [1.54, 1.807) is 12.1 Å². The maximum absolute atomic E-state index is 12.9. The first-order valence-electron chi connectivity index (χ1n) is 3.77. The second-order valence-corrected chi connectivity index (χ2v) is 2.85. The smallest absolute Gasteiger partial charge is 0.137 e. The molecule has 0 fully saturated rings. The highest BCUT2D eigenvalue weighted by atomic mass is 35.5. The minimum atomic E-state index is -1.06. The van der Waals surface area contributed by atoms with Crippen LogP contribution in [-0.2, 0) is 5.88 Å². The van der Waals surface area contributed by atoms with Crippen molar-refractivity contribution in [3.05, 3.63) is 35.4 Å². The molecule has 0 aliphatic rings. The average molecular weight is 224 g/mol. The third-order valence-electron chi connectivity index (χ3n) is 1.70. The molecule has 1 rings (SSSR count). The van der Waals surface area contributed by atoms with E-state index in [-0.39, 0.29) is 19.0 Å². The summed E-state index contributed by atoms with van der Waals surface area (Å²) in [6, 6.07) is 7.06. The molecular weight excluding hydrogens is 212 g/mol. The first-order chi connectivity index (χ1) is 5.77. The zero-order valence-corrected chi connectivity index (χ0v) is 8.61. The first-order valence-corrected chi connectivity index (χ1v) is 4.30. The third kappa shape index (κ3) is 3.51. The molecule has 0 saturated carbocycles. The van der Waals surface area contributed by atoms with Crippen LogP contribution in [0.5, 0.6) is 0 Å². The summed E-state index contributed by atoms with van der Waals surface area (Å²) < 4.78 is 12.9. The molecule has 74 valence electrons. The van der Waals surface area contributed by atoms with Crippen LogP contribution in [0.2, 0.25) is 0 Å². The van der Waals surface area contributed by atoms with Gasteiger partial charge in [-0.2, -0.15) is 0 Å². The van der Waals surface area contributed by atoms with Gasteiger partial charge in [0.15, 0.2) is 0 Å². The molecule has 1 nitrogen and oxygen atoms in total. The van der Waals surface area contributed by atoms with Crippen molar-refractivity contribution in [3.63, 3.8) is 0 Å². The molecule has 0 heterocycles. The van der Waals surface area contributed by atoms with Crippen molar-refractivity contribution in [2.24, 2.45) is 5.73 Å². The number of nitrogens with two attached hydrogens (primary N) is 1. The van der Waals surface area contributed by atoms with E-state index in [1.807, 2.05) is 12.1 Å². The van der Waals surface area contributed by atoms with Crippen molar-refractivity contribution in [2.45, 2.75) is 12.1 Å². The zero-order valence-electron chi connectivity index (χ0n) is 7.04. The summed E-state index contributed by atoms with van der Waals surface area (Å²) in [4.78, 5) is 0. The topological polar surface area (TPSA) is 26.0 Å². The molecule has 13 heavy (non-hydrogen) atoms. The van der Waals surface area contributed by atoms with Crippen LogP contribution >= 0.6 is 24.0 Å². The third-order valence-corrected chi connectivity index (χ3v) is 2.01. The molecule has 4 heteroatoms. The highest BCUT2D eigenvalue weighted by Crippen LogP contribution is 2.16. The lowest BCUT2D eigenvalue weighted by molar-refractivity contribution is 0.353. The summed E-state index contributed by atoms with van der Waals surface area (Å²) in [5, 5.41) is 0. The van der Waals surface area contributed by atoms with Crippen LogP contribution in [0.3, 0.4) is 0 Å². The fourth-order valence-corrected chi connectivity index (χ4v) is 1.13. The van der Waals surface area contributed by atoms with Crippen molar-refractivity contribution < 1.29 is 4.39 Å². The number of benzene rings is 1. The van der Waals surface area contributed by atoms with Gasteiger partial charge in [-0.25, -0.2) is 4.39 Å². The van der Waals surface area contributed by atoms with Crippen LogP contribution in [0.1, 0.15) is 17.3 Å². The summed E-state index contributed by atoms with van der Waals surface area (Å²) >= 11 is 5.57. The predicted molar refractivity (Wildman–Crippen MR) is 56.2 cm³/mol. The molecule has 0 aliphatic heterocycles. The Kier molecular flexibility index (Phi) is 6.04. The number of hydrogen-bond acceptors (Lipinski definition) is 1. The zero-order chi connectivity index (χ0) is 8.97. The molecule has 0 bridgehead atoms. The van der Waals surface area contributed by atoms with Crippen molar-refractivity contribution in [1.82, 2.24) is 0 Å². The Morgan fingerprint density at radius 1 is 1.31 bits per heavy atom. The minimum Gasteiger partial charge on any atom is -0.327 e. The van der Waals surface area contributed by atoms with E-state index in [4.69, 9.17) is 17.3 Å². The van der Waals surface area contributed by atoms with Crippen LogP contribution in [-0.4, -0.2) is 6.54 Å². The van der Waals surface area contributed by atoms with Crippen LogP contribution in [0.4, 0.5) is 4.39 Å². The van der Waals surface area contributed by atoms with Gasteiger partial charge in [0, 0.05) is 12.4 Å². The molecule has 0 aromatic heterocycles. The van der Waals surface area contributed by atoms with Gasteiger partial charge in [0.1, 0.15) is 6.17 Å². The highest BCUT2D eigenvalue weighted by Gasteiger charge is 2.05. The number of rotatable bonds is 3. The van der Waals surface area contributed by atoms with Crippen LogP contribution in [0.15, 0.2) is 24.3 Å². The maximum Gasteiger partial charge on any atom is 0.137 e. The van der Waals surface area contributed by atoms with Crippen LogP contribution in [0, 0.1) is 0 Å². The fourth-order valence-electron chi connectivity index (χ4n) is 0.952. The second kappa shape index (κ2) is 6.19. The number of halogens is 3. The van der Waals surface area contributed by atoms with Gasteiger partial charge >= 0.3 is 0 Å². The van der Waals surface area contributed by atoms with Crippen LogP contribution in [0.25, 0.3) is 0 Å². The normalized spacial score (nSPS) is 11.9. The minimum absolute atomic E-state index is 0. The molecule has 1 aromatic carbocycles. The lowest BCUT2D eigenvalue weighted by Crippen LogP contribution is -2.07. The van der Waals surface area contributed by atoms with E-state index < -0.39 is 6.17 Å². The maximum atomic E-state index is 12.9. The van der Waals surface area contributed by atoms with Crippen LogP contribution < -0.4 is 5.73 Å². The summed E-state index contributed by atoms with van der Waals surface area (Å²) in [7, 11) is 0. The SMILES string of the molecule is Cl.NC[C@@H](F)c1ccc(CCl)cc1. The Balaban J connectivity index is 0.00000144. The molecule has 0 saturated heterocycles. The summed E-state index contributed by atoms with van der Waals surface area (Å²) in [6.45, 7) is 0.0280. The number of hydrogen-bond donors (Lipinski definition) is 1. The molecular formula is C9H12Cl2FN. The van der Waals surface area contributed by atoms with Gasteiger partial charge in [0.2, 0.25) is 0 Å². The Morgan fingerprint density at radius 3 is 2.23 bits per heavy atom. The van der Waals surface area contributed by atoms with Crippen molar-refractivity contribution in [3.8, 4) is 0 Å². The molecule has 0 radical (unpaired) electrons. The second-order valence-electron chi connectivity index (χ2n) is 2.58. The summed E-state index contributed by atoms with van der Waals surface area (Å²) in [6.07, 6.45) is -1.06.